The molecule has 0 saturated carbocycles. The number of aryl methyl sites for hydroxylation is 1. The Kier molecular flexibility index (Phi) is 4.86. The first-order chi connectivity index (χ1) is 10.0. The number of carbonyl (C=O) groups is 1. The maximum atomic E-state index is 12.8. The lowest BCUT2D eigenvalue weighted by Crippen LogP contribution is -2.31. The maximum absolute atomic E-state index is 12.8. The first-order valence-electron chi connectivity index (χ1n) is 6.96. The highest BCUT2D eigenvalue weighted by atomic mass is 35.5. The average molecular weight is 303 g/mol. The predicted molar refractivity (Wildman–Crippen MR) is 89.0 cm³/mol. The van der Waals surface area contributed by atoms with Crippen molar-refractivity contribution in [1.82, 2.24) is 0 Å². The van der Waals surface area contributed by atoms with Crippen molar-refractivity contribution in [1.29, 1.82) is 0 Å². The van der Waals surface area contributed by atoms with Gasteiger partial charge in [-0.2, -0.15) is 0 Å². The van der Waals surface area contributed by atoms with Crippen LogP contribution in [0, 0.1) is 6.92 Å². The van der Waals surface area contributed by atoms with Crippen LogP contribution < -0.4 is 10.6 Å². The minimum atomic E-state index is -0.0489. The number of benzene rings is 2. The third-order valence-corrected chi connectivity index (χ3v) is 3.40. The third-order valence-electron chi connectivity index (χ3n) is 3.19. The summed E-state index contributed by atoms with van der Waals surface area (Å²) < 4.78 is 0. The summed E-state index contributed by atoms with van der Waals surface area (Å²) in [7, 11) is 0. The summed E-state index contributed by atoms with van der Waals surface area (Å²) >= 11 is 6.06. The highest BCUT2D eigenvalue weighted by molar-refractivity contribution is 6.31. The van der Waals surface area contributed by atoms with Crippen molar-refractivity contribution < 1.29 is 4.79 Å². The van der Waals surface area contributed by atoms with Gasteiger partial charge >= 0.3 is 0 Å². The van der Waals surface area contributed by atoms with E-state index in [0.717, 1.165) is 17.7 Å². The lowest BCUT2D eigenvalue weighted by molar-refractivity contribution is 0.0987. The number of hydrogen-bond donors (Lipinski definition) is 1. The molecule has 0 fully saturated rings. The minimum Gasteiger partial charge on any atom is -0.399 e. The molecule has 110 valence electrons. The molecule has 2 rings (SSSR count). The third kappa shape index (κ3) is 3.76. The number of nitrogens with two attached hydrogens (primary N) is 1. The summed E-state index contributed by atoms with van der Waals surface area (Å²) in [5, 5.41) is 0.576. The quantitative estimate of drug-likeness (QED) is 0.857. The summed E-state index contributed by atoms with van der Waals surface area (Å²) in [4.78, 5) is 14.5. The fourth-order valence-corrected chi connectivity index (χ4v) is 2.53. The van der Waals surface area contributed by atoms with Crippen molar-refractivity contribution in [3.05, 3.63) is 58.6 Å². The second-order valence-corrected chi connectivity index (χ2v) is 5.50. The molecule has 0 aliphatic heterocycles. The predicted octanol–water partition coefficient (Wildman–Crippen LogP) is 4.29. The summed E-state index contributed by atoms with van der Waals surface area (Å²) in [6, 6.07) is 12.7. The van der Waals surface area contributed by atoms with Gasteiger partial charge in [-0.1, -0.05) is 18.5 Å². The Balaban J connectivity index is 2.37. The fraction of sp³-hybridized carbons (Fsp3) is 0.235. The molecule has 0 heterocycles. The smallest absolute Gasteiger partial charge is 0.258 e. The SMILES string of the molecule is CCCN(C(=O)c1cc(C)cc(Cl)c1)c1ccc(N)cc1. The van der Waals surface area contributed by atoms with Crippen molar-refractivity contribution in [3.63, 3.8) is 0 Å². The molecule has 4 heteroatoms. The van der Waals surface area contributed by atoms with Crippen LogP contribution in [0.4, 0.5) is 11.4 Å². The standard InChI is InChI=1S/C17H19ClN2O/c1-3-8-20(16-6-4-15(19)5-7-16)17(21)13-9-12(2)10-14(18)11-13/h4-7,9-11H,3,8,19H2,1-2H3. The Morgan fingerprint density at radius 2 is 1.86 bits per heavy atom. The zero-order chi connectivity index (χ0) is 15.4. The summed E-state index contributed by atoms with van der Waals surface area (Å²) in [6.07, 6.45) is 0.871. The zero-order valence-electron chi connectivity index (χ0n) is 12.3. The van der Waals surface area contributed by atoms with E-state index in [1.165, 1.54) is 0 Å². The van der Waals surface area contributed by atoms with Crippen LogP contribution in [0.2, 0.25) is 5.02 Å². The van der Waals surface area contributed by atoms with Gasteiger partial charge in [0.25, 0.3) is 5.91 Å². The van der Waals surface area contributed by atoms with E-state index in [4.69, 9.17) is 17.3 Å². The van der Waals surface area contributed by atoms with Gasteiger partial charge in [0.1, 0.15) is 0 Å². The molecule has 0 aliphatic carbocycles. The summed E-state index contributed by atoms with van der Waals surface area (Å²) in [5.74, 6) is -0.0489. The number of nitrogen functional groups attached to an aromatic ring is 1. The van der Waals surface area contributed by atoms with Gasteiger partial charge in [-0.3, -0.25) is 4.79 Å². The molecule has 0 radical (unpaired) electrons. The van der Waals surface area contributed by atoms with Crippen LogP contribution in [-0.4, -0.2) is 12.5 Å². The molecule has 0 atom stereocenters. The van der Waals surface area contributed by atoms with Gasteiger partial charge in [-0.25, -0.2) is 0 Å². The number of anilines is 2. The van der Waals surface area contributed by atoms with E-state index in [1.54, 1.807) is 23.1 Å². The summed E-state index contributed by atoms with van der Waals surface area (Å²) in [6.45, 7) is 4.62. The average Bonchev–Trinajstić information content (AvgIpc) is 2.44. The van der Waals surface area contributed by atoms with E-state index in [-0.39, 0.29) is 5.91 Å². The molecular weight excluding hydrogens is 284 g/mol. The molecule has 3 nitrogen and oxygen atoms in total. The molecule has 0 aliphatic rings. The van der Waals surface area contributed by atoms with Crippen molar-refractivity contribution >= 4 is 28.9 Å². The largest absolute Gasteiger partial charge is 0.399 e. The number of nitrogens with zero attached hydrogens (tertiary/aromatic N) is 1. The molecule has 0 bridgehead atoms. The molecule has 0 saturated heterocycles. The summed E-state index contributed by atoms with van der Waals surface area (Å²) in [5.41, 5.74) is 8.80. The van der Waals surface area contributed by atoms with Crippen LogP contribution in [0.25, 0.3) is 0 Å². The van der Waals surface area contributed by atoms with Crippen molar-refractivity contribution in [2.45, 2.75) is 20.3 Å². The van der Waals surface area contributed by atoms with Gasteiger partial charge in [0, 0.05) is 28.5 Å². The molecule has 0 spiro atoms. The molecular formula is C17H19ClN2O. The first-order valence-corrected chi connectivity index (χ1v) is 7.33. The Morgan fingerprint density at radius 3 is 2.43 bits per heavy atom. The molecule has 1 amide bonds. The van der Waals surface area contributed by atoms with Crippen LogP contribution in [0.3, 0.4) is 0 Å². The van der Waals surface area contributed by atoms with Gasteiger partial charge in [0.15, 0.2) is 0 Å². The van der Waals surface area contributed by atoms with Gasteiger partial charge in [-0.15, -0.1) is 0 Å². The number of rotatable bonds is 4. The Morgan fingerprint density at radius 1 is 1.19 bits per heavy atom. The maximum Gasteiger partial charge on any atom is 0.258 e. The normalized spacial score (nSPS) is 10.4. The second kappa shape index (κ2) is 6.64. The van der Waals surface area contributed by atoms with E-state index >= 15 is 0 Å². The lowest BCUT2D eigenvalue weighted by Gasteiger charge is -2.23. The number of amides is 1. The van der Waals surface area contributed by atoms with Gasteiger partial charge in [0.05, 0.1) is 0 Å². The number of hydrogen-bond acceptors (Lipinski definition) is 2. The second-order valence-electron chi connectivity index (χ2n) is 5.07. The fourth-order valence-electron chi connectivity index (χ4n) is 2.24. The van der Waals surface area contributed by atoms with Crippen molar-refractivity contribution in [2.24, 2.45) is 0 Å². The van der Waals surface area contributed by atoms with E-state index in [2.05, 4.69) is 0 Å². The zero-order valence-corrected chi connectivity index (χ0v) is 13.0. The van der Waals surface area contributed by atoms with Crippen molar-refractivity contribution in [2.75, 3.05) is 17.2 Å². The van der Waals surface area contributed by atoms with Crippen molar-refractivity contribution in [3.8, 4) is 0 Å². The number of halogens is 1. The first kappa shape index (κ1) is 15.4. The molecule has 2 N–H and O–H groups in total. The van der Waals surface area contributed by atoms with Crippen LogP contribution in [-0.2, 0) is 0 Å². The van der Waals surface area contributed by atoms with Gasteiger partial charge < -0.3 is 10.6 Å². The van der Waals surface area contributed by atoms with E-state index in [9.17, 15) is 4.79 Å². The highest BCUT2D eigenvalue weighted by Crippen LogP contribution is 2.22. The van der Waals surface area contributed by atoms with Gasteiger partial charge in [0.2, 0.25) is 0 Å². The molecule has 0 unspecified atom stereocenters. The highest BCUT2D eigenvalue weighted by Gasteiger charge is 2.17. The van der Waals surface area contributed by atoms with E-state index < -0.39 is 0 Å². The van der Waals surface area contributed by atoms with Crippen LogP contribution in [0.5, 0.6) is 0 Å². The topological polar surface area (TPSA) is 46.3 Å². The lowest BCUT2D eigenvalue weighted by atomic mass is 10.1. The van der Waals surface area contributed by atoms with E-state index in [0.29, 0.717) is 22.8 Å². The van der Waals surface area contributed by atoms with Crippen LogP contribution >= 0.6 is 11.6 Å². The molecule has 0 aromatic heterocycles. The molecule has 2 aromatic rings. The monoisotopic (exact) mass is 302 g/mol. The Hall–Kier alpha value is -2.00. The number of carbonyl (C=O) groups excluding carboxylic acids is 1. The van der Waals surface area contributed by atoms with Crippen LogP contribution in [0.15, 0.2) is 42.5 Å². The van der Waals surface area contributed by atoms with Gasteiger partial charge in [-0.05, 0) is 61.4 Å². The Labute approximate surface area is 130 Å². The van der Waals surface area contributed by atoms with Crippen LogP contribution in [0.1, 0.15) is 29.3 Å². The minimum absolute atomic E-state index is 0.0489. The van der Waals surface area contributed by atoms with E-state index in [1.807, 2.05) is 38.1 Å². The molecule has 2 aromatic carbocycles. The molecule has 21 heavy (non-hydrogen) atoms. The Bertz CT molecular complexity index is 617.